The molecule has 1 aliphatic carbocycles. The molecule has 1 aromatic carbocycles. The van der Waals surface area contributed by atoms with E-state index in [0.717, 1.165) is 60.6 Å². The maximum absolute atomic E-state index is 13.6. The van der Waals surface area contributed by atoms with E-state index in [0.29, 0.717) is 26.4 Å². The fourth-order valence-corrected chi connectivity index (χ4v) is 4.65. The van der Waals surface area contributed by atoms with Crippen molar-refractivity contribution >= 4 is 5.91 Å². The Bertz CT molecular complexity index is 927. The summed E-state index contributed by atoms with van der Waals surface area (Å²) in [6.45, 7) is 4.95. The number of rotatable bonds is 9. The Balaban J connectivity index is 1.49. The van der Waals surface area contributed by atoms with E-state index in [-0.39, 0.29) is 17.2 Å². The van der Waals surface area contributed by atoms with E-state index >= 15 is 0 Å². The summed E-state index contributed by atoms with van der Waals surface area (Å²) in [5.41, 5.74) is 2.74. The Kier molecular flexibility index (Phi) is 7.06. The van der Waals surface area contributed by atoms with Crippen LogP contribution in [-0.2, 0) is 26.3 Å². The maximum atomic E-state index is 13.6. The van der Waals surface area contributed by atoms with Crippen molar-refractivity contribution in [2.45, 2.75) is 50.5 Å². The summed E-state index contributed by atoms with van der Waals surface area (Å²) < 4.78 is 16.1. The first-order valence-corrected chi connectivity index (χ1v) is 11.4. The molecule has 1 unspecified atom stereocenters. The van der Waals surface area contributed by atoms with E-state index < -0.39 is 0 Å². The highest BCUT2D eigenvalue weighted by Gasteiger charge is 2.53. The predicted octanol–water partition coefficient (Wildman–Crippen LogP) is 3.39. The smallest absolute Gasteiger partial charge is 0.233 e. The molecule has 0 N–H and O–H groups in total. The normalized spacial score (nSPS) is 19.6. The molecule has 7 nitrogen and oxygen atoms in total. The zero-order valence-corrected chi connectivity index (χ0v) is 19.3. The molecule has 0 bridgehead atoms. The average Bonchev–Trinajstić information content (AvgIpc) is 3.64. The summed E-state index contributed by atoms with van der Waals surface area (Å²) in [6, 6.07) is 7.96. The van der Waals surface area contributed by atoms with Crippen LogP contribution >= 0.6 is 0 Å². The number of hydrogen-bond acceptors (Lipinski definition) is 6. The van der Waals surface area contributed by atoms with Crippen molar-refractivity contribution in [1.29, 1.82) is 0 Å². The number of carbonyl (C=O) groups is 1. The predicted molar refractivity (Wildman–Crippen MR) is 121 cm³/mol. The van der Waals surface area contributed by atoms with Crippen LogP contribution in [-0.4, -0.2) is 61.3 Å². The summed E-state index contributed by atoms with van der Waals surface area (Å²) >= 11 is 0. The lowest BCUT2D eigenvalue weighted by Gasteiger charge is -2.35. The van der Waals surface area contributed by atoms with E-state index in [1.165, 1.54) is 0 Å². The number of amides is 1. The lowest BCUT2D eigenvalue weighted by molar-refractivity contribution is -0.135. The molecule has 32 heavy (non-hydrogen) atoms. The zero-order valence-electron chi connectivity index (χ0n) is 19.3. The molecule has 4 rings (SSSR count). The van der Waals surface area contributed by atoms with Gasteiger partial charge in [0, 0.05) is 37.9 Å². The summed E-state index contributed by atoms with van der Waals surface area (Å²) in [7, 11) is 3.32. The number of carbonyl (C=O) groups excluding carboxylic acids is 1. The van der Waals surface area contributed by atoms with Crippen LogP contribution in [0.2, 0.25) is 0 Å². The van der Waals surface area contributed by atoms with Gasteiger partial charge in [-0.2, -0.15) is 0 Å². The Labute approximate surface area is 190 Å². The second-order valence-electron chi connectivity index (χ2n) is 8.77. The van der Waals surface area contributed by atoms with Gasteiger partial charge in [-0.15, -0.1) is 0 Å². The second-order valence-corrected chi connectivity index (χ2v) is 8.77. The molecule has 0 spiro atoms. The van der Waals surface area contributed by atoms with Crippen molar-refractivity contribution < 1.29 is 19.0 Å². The summed E-state index contributed by atoms with van der Waals surface area (Å²) in [5, 5.41) is 0. The highest BCUT2D eigenvalue weighted by molar-refractivity contribution is 5.91. The van der Waals surface area contributed by atoms with Gasteiger partial charge in [-0.25, -0.2) is 9.97 Å². The van der Waals surface area contributed by atoms with Crippen LogP contribution < -0.4 is 4.74 Å². The lowest BCUT2D eigenvalue weighted by atomic mass is 9.89. The molecule has 2 aromatic rings. The van der Waals surface area contributed by atoms with Gasteiger partial charge in [-0.1, -0.05) is 12.1 Å². The van der Waals surface area contributed by atoms with Crippen LogP contribution in [0, 0.1) is 6.92 Å². The van der Waals surface area contributed by atoms with Gasteiger partial charge in [0.2, 0.25) is 5.91 Å². The highest BCUT2D eigenvalue weighted by Crippen LogP contribution is 2.50. The first kappa shape index (κ1) is 22.7. The molecule has 2 heterocycles. The van der Waals surface area contributed by atoms with Crippen LogP contribution in [0.3, 0.4) is 0 Å². The highest BCUT2D eigenvalue weighted by atomic mass is 16.5. The molecule has 1 saturated heterocycles. The zero-order chi connectivity index (χ0) is 22.6. The third kappa shape index (κ3) is 4.79. The van der Waals surface area contributed by atoms with E-state index in [1.807, 2.05) is 37.4 Å². The number of aromatic nitrogens is 2. The minimum atomic E-state index is -0.373. The minimum absolute atomic E-state index is 0.196. The van der Waals surface area contributed by atoms with Gasteiger partial charge < -0.3 is 19.1 Å². The Morgan fingerprint density at radius 1 is 1.19 bits per heavy atom. The molecule has 1 amide bonds. The van der Waals surface area contributed by atoms with Crippen molar-refractivity contribution in [3.05, 3.63) is 53.1 Å². The Morgan fingerprint density at radius 3 is 2.66 bits per heavy atom. The van der Waals surface area contributed by atoms with Crippen molar-refractivity contribution in [3.8, 4) is 5.75 Å². The number of methoxy groups -OCH3 is 2. The topological polar surface area (TPSA) is 73.8 Å². The van der Waals surface area contributed by atoms with Gasteiger partial charge in [-0.3, -0.25) is 4.79 Å². The second kappa shape index (κ2) is 9.96. The molecule has 1 saturated carbocycles. The van der Waals surface area contributed by atoms with E-state index in [2.05, 4.69) is 9.88 Å². The molecule has 1 aromatic heterocycles. The third-order valence-electron chi connectivity index (χ3n) is 6.61. The van der Waals surface area contributed by atoms with E-state index in [4.69, 9.17) is 19.2 Å². The number of ether oxygens (including phenoxy) is 3. The first-order valence-electron chi connectivity index (χ1n) is 11.4. The molecule has 1 aliphatic heterocycles. The summed E-state index contributed by atoms with van der Waals surface area (Å²) in [4.78, 5) is 24.8. The SMILES string of the molecule is COCCOCc1cnc(C)nc1C1CCCN(C(=O)C2(c3ccc(OC)cc3)CC2)C1. The van der Waals surface area contributed by atoms with Crippen molar-refractivity contribution in [2.24, 2.45) is 0 Å². The van der Waals surface area contributed by atoms with Crippen LogP contribution in [0.25, 0.3) is 0 Å². The van der Waals surface area contributed by atoms with Crippen LogP contribution in [0.5, 0.6) is 5.75 Å². The molecular weight excluding hydrogens is 406 g/mol. The third-order valence-corrected chi connectivity index (χ3v) is 6.61. The number of piperidine rings is 1. The molecular formula is C25H33N3O4. The standard InChI is InChI=1S/C25H33N3O4/c1-18-26-15-20(17-32-14-13-30-2)23(27-18)19-5-4-12-28(16-19)24(29)25(10-11-25)21-6-8-22(31-3)9-7-21/h6-9,15,19H,4-5,10-14,16-17H2,1-3H3. The van der Waals surface area contributed by atoms with Gasteiger partial charge in [0.15, 0.2) is 0 Å². The minimum Gasteiger partial charge on any atom is -0.497 e. The van der Waals surface area contributed by atoms with Gasteiger partial charge in [0.1, 0.15) is 11.6 Å². The number of benzene rings is 1. The number of nitrogens with zero attached hydrogens (tertiary/aromatic N) is 3. The van der Waals surface area contributed by atoms with Gasteiger partial charge in [0.05, 0.1) is 38.0 Å². The average molecular weight is 440 g/mol. The lowest BCUT2D eigenvalue weighted by Crippen LogP contribution is -2.44. The van der Waals surface area contributed by atoms with E-state index in [9.17, 15) is 4.79 Å². The number of likely N-dealkylation sites (tertiary alicyclic amines) is 1. The molecule has 1 atom stereocenters. The molecule has 2 aliphatic rings. The van der Waals surface area contributed by atoms with Crippen LogP contribution in [0.15, 0.2) is 30.5 Å². The Morgan fingerprint density at radius 2 is 1.97 bits per heavy atom. The summed E-state index contributed by atoms with van der Waals surface area (Å²) in [5.74, 6) is 2.01. The van der Waals surface area contributed by atoms with E-state index in [1.54, 1.807) is 14.2 Å². The van der Waals surface area contributed by atoms with Gasteiger partial charge in [0.25, 0.3) is 0 Å². The number of hydrogen-bond donors (Lipinski definition) is 0. The van der Waals surface area contributed by atoms with Crippen LogP contribution in [0.4, 0.5) is 0 Å². The van der Waals surface area contributed by atoms with Gasteiger partial charge in [-0.05, 0) is 50.3 Å². The molecule has 0 radical (unpaired) electrons. The molecule has 172 valence electrons. The Hall–Kier alpha value is -2.51. The van der Waals surface area contributed by atoms with Crippen molar-refractivity contribution in [3.63, 3.8) is 0 Å². The van der Waals surface area contributed by atoms with Gasteiger partial charge >= 0.3 is 0 Å². The molecule has 7 heteroatoms. The first-order chi connectivity index (χ1) is 15.6. The largest absolute Gasteiger partial charge is 0.497 e. The maximum Gasteiger partial charge on any atom is 0.233 e. The number of aryl methyl sites for hydroxylation is 1. The monoisotopic (exact) mass is 439 g/mol. The summed E-state index contributed by atoms with van der Waals surface area (Å²) in [6.07, 6.45) is 5.67. The van der Waals surface area contributed by atoms with Crippen molar-refractivity contribution in [2.75, 3.05) is 40.5 Å². The fourth-order valence-electron chi connectivity index (χ4n) is 4.65. The fraction of sp³-hybridized carbons (Fsp3) is 0.560. The van der Waals surface area contributed by atoms with Crippen molar-refractivity contribution in [1.82, 2.24) is 14.9 Å². The quantitative estimate of drug-likeness (QED) is 0.558. The molecule has 2 fully saturated rings. The van der Waals surface area contributed by atoms with Crippen LogP contribution in [0.1, 0.15) is 54.2 Å².